The maximum Gasteiger partial charge on any atom is 0.312 e. The highest BCUT2D eigenvalue weighted by molar-refractivity contribution is 5.78. The zero-order valence-electron chi connectivity index (χ0n) is 9.93. The third-order valence-electron chi connectivity index (χ3n) is 2.70. The van der Waals surface area contributed by atoms with Gasteiger partial charge in [0, 0.05) is 12.1 Å². The van der Waals surface area contributed by atoms with Gasteiger partial charge in [-0.1, -0.05) is 13.0 Å². The molecule has 1 aromatic carbocycles. The van der Waals surface area contributed by atoms with Crippen molar-refractivity contribution in [3.63, 3.8) is 0 Å². The van der Waals surface area contributed by atoms with Crippen LogP contribution in [0.5, 0.6) is 11.5 Å². The minimum Gasteiger partial charge on any atom is -0.504 e. The molecule has 5 heteroatoms. The summed E-state index contributed by atoms with van der Waals surface area (Å²) in [6.45, 7) is 1.87. The molecule has 1 aromatic rings. The molecule has 0 saturated carbocycles. The Morgan fingerprint density at radius 3 is 2.59 bits per heavy atom. The lowest BCUT2D eigenvalue weighted by atomic mass is 9.95. The summed E-state index contributed by atoms with van der Waals surface area (Å²) in [4.78, 5) is 11.1. The highest BCUT2D eigenvalue weighted by atomic mass is 16.5. The van der Waals surface area contributed by atoms with Crippen LogP contribution in [0.3, 0.4) is 0 Å². The Hall–Kier alpha value is -1.75. The first-order valence-electron chi connectivity index (χ1n) is 5.37. The van der Waals surface area contributed by atoms with Gasteiger partial charge in [-0.2, -0.15) is 0 Å². The number of ether oxygens (including phenoxy) is 1. The number of rotatable bonds is 5. The van der Waals surface area contributed by atoms with Crippen LogP contribution in [0.15, 0.2) is 12.1 Å². The van der Waals surface area contributed by atoms with Gasteiger partial charge in [-0.3, -0.25) is 4.79 Å². The van der Waals surface area contributed by atoms with Crippen molar-refractivity contribution in [3.05, 3.63) is 23.3 Å². The number of aryl methyl sites for hydroxylation is 1. The fraction of sp³-hybridized carbons (Fsp3) is 0.417. The Kier molecular flexibility index (Phi) is 4.34. The SMILES string of the molecule is CCc1cc(OC)c(O)c(C(CN)C(=O)O)c1. The fourth-order valence-electron chi connectivity index (χ4n) is 1.67. The first kappa shape index (κ1) is 13.3. The standard InChI is InChI=1S/C12H17NO4/c1-3-7-4-8(9(6-13)12(15)16)11(14)10(5-7)17-2/h4-5,9,14H,3,6,13H2,1-2H3,(H,15,16). The summed E-state index contributed by atoms with van der Waals surface area (Å²) in [6.07, 6.45) is 0.723. The number of hydrogen-bond acceptors (Lipinski definition) is 4. The predicted octanol–water partition coefficient (Wildman–Crippen LogP) is 1.09. The van der Waals surface area contributed by atoms with Crippen molar-refractivity contribution >= 4 is 5.97 Å². The van der Waals surface area contributed by atoms with Crippen molar-refractivity contribution in [2.45, 2.75) is 19.3 Å². The maximum absolute atomic E-state index is 11.1. The summed E-state index contributed by atoms with van der Waals surface area (Å²) >= 11 is 0. The summed E-state index contributed by atoms with van der Waals surface area (Å²) in [5.41, 5.74) is 6.62. The van der Waals surface area contributed by atoms with Gasteiger partial charge in [-0.25, -0.2) is 0 Å². The molecule has 1 unspecified atom stereocenters. The monoisotopic (exact) mass is 239 g/mol. The number of aliphatic carboxylic acids is 1. The van der Waals surface area contributed by atoms with Crippen LogP contribution in [0.4, 0.5) is 0 Å². The van der Waals surface area contributed by atoms with E-state index in [9.17, 15) is 9.90 Å². The van der Waals surface area contributed by atoms with E-state index in [1.54, 1.807) is 12.1 Å². The van der Waals surface area contributed by atoms with Gasteiger partial charge in [-0.15, -0.1) is 0 Å². The molecule has 0 aromatic heterocycles. The second-order valence-corrected chi connectivity index (χ2v) is 3.72. The quantitative estimate of drug-likeness (QED) is 0.715. The average Bonchev–Trinajstić information content (AvgIpc) is 2.31. The predicted molar refractivity (Wildman–Crippen MR) is 63.5 cm³/mol. The van der Waals surface area contributed by atoms with E-state index in [0.29, 0.717) is 5.56 Å². The van der Waals surface area contributed by atoms with E-state index in [-0.39, 0.29) is 18.0 Å². The van der Waals surface area contributed by atoms with Gasteiger partial charge in [0.2, 0.25) is 0 Å². The molecule has 0 aliphatic rings. The molecular weight excluding hydrogens is 222 g/mol. The lowest BCUT2D eigenvalue weighted by molar-refractivity contribution is -0.138. The Bertz CT molecular complexity index is 417. The number of carboxylic acids is 1. The van der Waals surface area contributed by atoms with E-state index in [4.69, 9.17) is 15.6 Å². The zero-order chi connectivity index (χ0) is 13.0. The van der Waals surface area contributed by atoms with Gasteiger partial charge < -0.3 is 20.7 Å². The van der Waals surface area contributed by atoms with Gasteiger partial charge in [-0.05, 0) is 18.1 Å². The topological polar surface area (TPSA) is 92.8 Å². The molecule has 5 nitrogen and oxygen atoms in total. The number of aromatic hydroxyl groups is 1. The number of hydrogen-bond donors (Lipinski definition) is 3. The van der Waals surface area contributed by atoms with Crippen molar-refractivity contribution in [1.29, 1.82) is 0 Å². The highest BCUT2D eigenvalue weighted by Gasteiger charge is 2.24. The smallest absolute Gasteiger partial charge is 0.312 e. The molecule has 0 bridgehead atoms. The zero-order valence-corrected chi connectivity index (χ0v) is 9.93. The van der Waals surface area contributed by atoms with Gasteiger partial charge in [0.25, 0.3) is 0 Å². The van der Waals surface area contributed by atoms with Crippen molar-refractivity contribution in [1.82, 2.24) is 0 Å². The van der Waals surface area contributed by atoms with Crippen LogP contribution in [0.1, 0.15) is 24.0 Å². The molecule has 0 aliphatic carbocycles. The Morgan fingerprint density at radius 2 is 2.18 bits per heavy atom. The Labute approximate surface area is 99.8 Å². The van der Waals surface area contributed by atoms with Gasteiger partial charge in [0.05, 0.1) is 13.0 Å². The number of phenols is 1. The Morgan fingerprint density at radius 1 is 1.53 bits per heavy atom. The normalized spacial score (nSPS) is 12.2. The average molecular weight is 239 g/mol. The third kappa shape index (κ3) is 2.68. The van der Waals surface area contributed by atoms with Crippen molar-refractivity contribution < 1.29 is 19.7 Å². The van der Waals surface area contributed by atoms with E-state index in [1.165, 1.54) is 7.11 Å². The van der Waals surface area contributed by atoms with Crippen LogP contribution in [0.2, 0.25) is 0 Å². The van der Waals surface area contributed by atoms with Crippen LogP contribution in [-0.4, -0.2) is 29.8 Å². The number of methoxy groups -OCH3 is 1. The molecule has 0 spiro atoms. The van der Waals surface area contributed by atoms with E-state index in [2.05, 4.69) is 0 Å². The summed E-state index contributed by atoms with van der Waals surface area (Å²) in [6, 6.07) is 3.35. The van der Waals surface area contributed by atoms with Gasteiger partial charge in [0.15, 0.2) is 11.5 Å². The second-order valence-electron chi connectivity index (χ2n) is 3.72. The summed E-state index contributed by atoms with van der Waals surface area (Å²) < 4.78 is 5.02. The van der Waals surface area contributed by atoms with Gasteiger partial charge in [0.1, 0.15) is 0 Å². The molecule has 0 saturated heterocycles. The van der Waals surface area contributed by atoms with Crippen LogP contribution in [0.25, 0.3) is 0 Å². The van der Waals surface area contributed by atoms with Crippen LogP contribution in [0, 0.1) is 0 Å². The van der Waals surface area contributed by atoms with Crippen LogP contribution >= 0.6 is 0 Å². The molecule has 94 valence electrons. The largest absolute Gasteiger partial charge is 0.504 e. The first-order chi connectivity index (χ1) is 8.04. The van der Waals surface area contributed by atoms with Crippen molar-refractivity contribution in [2.24, 2.45) is 5.73 Å². The third-order valence-corrected chi connectivity index (χ3v) is 2.70. The van der Waals surface area contributed by atoms with Crippen molar-refractivity contribution in [3.8, 4) is 11.5 Å². The summed E-state index contributed by atoms with van der Waals surface area (Å²) in [7, 11) is 1.43. The number of carbonyl (C=O) groups is 1. The molecule has 1 atom stereocenters. The summed E-state index contributed by atoms with van der Waals surface area (Å²) in [5, 5.41) is 19.0. The molecule has 0 fully saturated rings. The van der Waals surface area contributed by atoms with Gasteiger partial charge >= 0.3 is 5.97 Å². The van der Waals surface area contributed by atoms with E-state index in [0.717, 1.165) is 12.0 Å². The van der Waals surface area contributed by atoms with Crippen molar-refractivity contribution in [2.75, 3.05) is 13.7 Å². The van der Waals surface area contributed by atoms with E-state index >= 15 is 0 Å². The summed E-state index contributed by atoms with van der Waals surface area (Å²) in [5.74, 6) is -1.85. The highest BCUT2D eigenvalue weighted by Crippen LogP contribution is 2.36. The first-order valence-corrected chi connectivity index (χ1v) is 5.37. The minimum absolute atomic E-state index is 0.0702. The van der Waals surface area contributed by atoms with E-state index < -0.39 is 11.9 Å². The molecular formula is C12H17NO4. The molecule has 0 heterocycles. The molecule has 4 N–H and O–H groups in total. The number of nitrogens with two attached hydrogens (primary N) is 1. The molecule has 0 radical (unpaired) electrons. The fourth-order valence-corrected chi connectivity index (χ4v) is 1.67. The molecule has 1 rings (SSSR count). The molecule has 0 aliphatic heterocycles. The number of carboxylic acid groups (broad SMARTS) is 1. The Balaban J connectivity index is 3.34. The van der Waals surface area contributed by atoms with Crippen LogP contribution in [-0.2, 0) is 11.2 Å². The number of benzene rings is 1. The molecule has 0 amide bonds. The lowest BCUT2D eigenvalue weighted by Gasteiger charge is -2.16. The lowest BCUT2D eigenvalue weighted by Crippen LogP contribution is -2.21. The maximum atomic E-state index is 11.1. The van der Waals surface area contributed by atoms with Crippen LogP contribution < -0.4 is 10.5 Å². The van der Waals surface area contributed by atoms with E-state index in [1.807, 2.05) is 6.92 Å². The number of phenolic OH excluding ortho intramolecular Hbond substituents is 1. The second kappa shape index (κ2) is 5.54. The minimum atomic E-state index is -1.06. The molecule has 17 heavy (non-hydrogen) atoms.